The number of hydrogen-bond donors (Lipinski definition) is 2. The standard InChI is InChI=1S/C25H35N3O3/c1-25(2,3)20-9-11-23(12-10-20)31-19-22(29)17-27-13-15-28(16-14-27)18-24(30)26-21-7-5-4-6-8-21/h4-12,22,29H,13-19H2,1-3H3,(H,26,30). The Kier molecular flexibility index (Phi) is 8.07. The first-order valence-electron chi connectivity index (χ1n) is 11.0. The Hall–Kier alpha value is -2.41. The maximum absolute atomic E-state index is 12.2. The molecule has 1 heterocycles. The number of hydrogen-bond acceptors (Lipinski definition) is 5. The van der Waals surface area contributed by atoms with Crippen molar-refractivity contribution < 1.29 is 14.6 Å². The largest absolute Gasteiger partial charge is 0.491 e. The molecule has 0 aromatic heterocycles. The molecule has 1 saturated heterocycles. The van der Waals surface area contributed by atoms with Gasteiger partial charge in [-0.05, 0) is 35.2 Å². The number of benzene rings is 2. The number of nitrogens with one attached hydrogen (secondary N) is 1. The molecular weight excluding hydrogens is 390 g/mol. The van der Waals surface area contributed by atoms with Crippen LogP contribution in [0.5, 0.6) is 5.75 Å². The van der Waals surface area contributed by atoms with Gasteiger partial charge in [0.05, 0.1) is 6.54 Å². The molecule has 31 heavy (non-hydrogen) atoms. The van der Waals surface area contributed by atoms with E-state index in [1.807, 2.05) is 42.5 Å². The van der Waals surface area contributed by atoms with Crippen molar-refractivity contribution in [3.05, 3.63) is 60.2 Å². The number of β-amino-alcohol motifs (C(OH)–C–C–N with tert-alkyl or cyclic N) is 1. The zero-order valence-electron chi connectivity index (χ0n) is 18.9. The molecule has 6 nitrogen and oxygen atoms in total. The topological polar surface area (TPSA) is 65.0 Å². The van der Waals surface area contributed by atoms with Crippen molar-refractivity contribution in [2.45, 2.75) is 32.3 Å². The summed E-state index contributed by atoms with van der Waals surface area (Å²) in [4.78, 5) is 16.6. The lowest BCUT2D eigenvalue weighted by molar-refractivity contribution is -0.117. The third kappa shape index (κ3) is 7.65. The monoisotopic (exact) mass is 425 g/mol. The Morgan fingerprint density at radius 2 is 1.61 bits per heavy atom. The normalized spacial score (nSPS) is 16.6. The summed E-state index contributed by atoms with van der Waals surface area (Å²) in [5.41, 5.74) is 2.20. The van der Waals surface area contributed by atoms with Crippen LogP contribution in [0, 0.1) is 0 Å². The molecule has 2 aromatic carbocycles. The van der Waals surface area contributed by atoms with E-state index in [9.17, 15) is 9.90 Å². The number of nitrogens with zero attached hydrogens (tertiary/aromatic N) is 2. The van der Waals surface area contributed by atoms with E-state index in [4.69, 9.17) is 4.74 Å². The first-order valence-corrected chi connectivity index (χ1v) is 11.0. The average Bonchev–Trinajstić information content (AvgIpc) is 2.74. The molecule has 6 heteroatoms. The van der Waals surface area contributed by atoms with Crippen molar-refractivity contribution in [2.24, 2.45) is 0 Å². The smallest absolute Gasteiger partial charge is 0.238 e. The van der Waals surface area contributed by atoms with Crippen molar-refractivity contribution in [1.82, 2.24) is 9.80 Å². The molecule has 2 N–H and O–H groups in total. The van der Waals surface area contributed by atoms with E-state index in [1.54, 1.807) is 0 Å². The number of rotatable bonds is 8. The van der Waals surface area contributed by atoms with Crippen LogP contribution in [-0.4, -0.2) is 72.8 Å². The molecule has 1 aliphatic rings. The number of carbonyl (C=O) groups excluding carboxylic acids is 1. The van der Waals surface area contributed by atoms with Gasteiger partial charge in [0.1, 0.15) is 18.5 Å². The van der Waals surface area contributed by atoms with Crippen LogP contribution in [0.3, 0.4) is 0 Å². The van der Waals surface area contributed by atoms with Crippen LogP contribution in [0.15, 0.2) is 54.6 Å². The highest BCUT2D eigenvalue weighted by molar-refractivity contribution is 5.92. The predicted molar refractivity (Wildman–Crippen MR) is 125 cm³/mol. The molecule has 1 amide bonds. The SMILES string of the molecule is CC(C)(C)c1ccc(OCC(O)CN2CCN(CC(=O)Nc3ccccc3)CC2)cc1. The van der Waals surface area contributed by atoms with Crippen LogP contribution in [0.2, 0.25) is 0 Å². The third-order valence-corrected chi connectivity index (χ3v) is 5.52. The van der Waals surface area contributed by atoms with Gasteiger partial charge in [-0.25, -0.2) is 0 Å². The highest BCUT2D eigenvalue weighted by Crippen LogP contribution is 2.24. The van der Waals surface area contributed by atoms with Crippen LogP contribution in [0.4, 0.5) is 5.69 Å². The second kappa shape index (κ2) is 10.8. The van der Waals surface area contributed by atoms with Gasteiger partial charge in [-0.3, -0.25) is 14.6 Å². The van der Waals surface area contributed by atoms with Gasteiger partial charge in [-0.15, -0.1) is 0 Å². The van der Waals surface area contributed by atoms with E-state index in [1.165, 1.54) is 5.56 Å². The minimum Gasteiger partial charge on any atom is -0.491 e. The lowest BCUT2D eigenvalue weighted by Gasteiger charge is -2.35. The predicted octanol–water partition coefficient (Wildman–Crippen LogP) is 2.98. The van der Waals surface area contributed by atoms with E-state index in [2.05, 4.69) is 48.0 Å². The lowest BCUT2D eigenvalue weighted by atomic mass is 9.87. The van der Waals surface area contributed by atoms with Gasteiger partial charge < -0.3 is 15.2 Å². The van der Waals surface area contributed by atoms with E-state index >= 15 is 0 Å². The second-order valence-corrected chi connectivity index (χ2v) is 9.23. The molecule has 0 saturated carbocycles. The van der Waals surface area contributed by atoms with E-state index in [0.717, 1.165) is 37.6 Å². The molecule has 1 fully saturated rings. The minimum absolute atomic E-state index is 0.00515. The summed E-state index contributed by atoms with van der Waals surface area (Å²) >= 11 is 0. The van der Waals surface area contributed by atoms with Crippen molar-refractivity contribution in [3.63, 3.8) is 0 Å². The molecule has 1 unspecified atom stereocenters. The summed E-state index contributed by atoms with van der Waals surface area (Å²) < 4.78 is 5.77. The number of amides is 1. The molecule has 1 atom stereocenters. The first-order chi connectivity index (χ1) is 14.8. The Bertz CT molecular complexity index is 810. The molecule has 168 valence electrons. The molecule has 2 aromatic rings. The quantitative estimate of drug-likeness (QED) is 0.681. The molecule has 3 rings (SSSR count). The molecule has 0 bridgehead atoms. The minimum atomic E-state index is -0.546. The van der Waals surface area contributed by atoms with Gasteiger partial charge in [-0.2, -0.15) is 0 Å². The Morgan fingerprint density at radius 3 is 2.23 bits per heavy atom. The number of piperazine rings is 1. The number of para-hydroxylation sites is 1. The molecular formula is C25H35N3O3. The number of carbonyl (C=O) groups is 1. The van der Waals surface area contributed by atoms with Gasteiger partial charge in [0.2, 0.25) is 5.91 Å². The van der Waals surface area contributed by atoms with E-state index in [0.29, 0.717) is 13.1 Å². The number of aliphatic hydroxyl groups is 1. The molecule has 0 radical (unpaired) electrons. The van der Waals surface area contributed by atoms with E-state index < -0.39 is 6.10 Å². The van der Waals surface area contributed by atoms with Gasteiger partial charge >= 0.3 is 0 Å². The van der Waals surface area contributed by atoms with Gasteiger partial charge in [0.25, 0.3) is 0 Å². The third-order valence-electron chi connectivity index (χ3n) is 5.52. The maximum atomic E-state index is 12.2. The summed E-state index contributed by atoms with van der Waals surface area (Å²) in [6.45, 7) is 11.1. The number of anilines is 1. The van der Waals surface area contributed by atoms with Crippen molar-refractivity contribution >= 4 is 11.6 Å². The highest BCUT2D eigenvalue weighted by atomic mass is 16.5. The van der Waals surface area contributed by atoms with Crippen LogP contribution in [0.25, 0.3) is 0 Å². The zero-order chi connectivity index (χ0) is 22.3. The lowest BCUT2D eigenvalue weighted by Crippen LogP contribution is -2.50. The second-order valence-electron chi connectivity index (χ2n) is 9.23. The van der Waals surface area contributed by atoms with Crippen molar-refractivity contribution in [1.29, 1.82) is 0 Å². The van der Waals surface area contributed by atoms with Gasteiger partial charge in [0.15, 0.2) is 0 Å². The Morgan fingerprint density at radius 1 is 1.00 bits per heavy atom. The number of ether oxygens (including phenoxy) is 1. The summed E-state index contributed by atoms with van der Waals surface area (Å²) in [5, 5.41) is 13.3. The summed E-state index contributed by atoms with van der Waals surface area (Å²) in [5.74, 6) is 0.784. The summed E-state index contributed by atoms with van der Waals surface area (Å²) in [6, 6.07) is 17.6. The fourth-order valence-corrected chi connectivity index (χ4v) is 3.65. The summed E-state index contributed by atoms with van der Waals surface area (Å²) in [7, 11) is 0. The molecule has 1 aliphatic heterocycles. The van der Waals surface area contributed by atoms with Gasteiger partial charge in [-0.1, -0.05) is 51.1 Å². The van der Waals surface area contributed by atoms with Crippen molar-refractivity contribution in [3.8, 4) is 5.75 Å². The molecule has 0 spiro atoms. The Labute approximate surface area is 185 Å². The fourth-order valence-electron chi connectivity index (χ4n) is 3.65. The van der Waals surface area contributed by atoms with Crippen LogP contribution in [0.1, 0.15) is 26.3 Å². The zero-order valence-corrected chi connectivity index (χ0v) is 18.9. The van der Waals surface area contributed by atoms with Crippen LogP contribution in [-0.2, 0) is 10.2 Å². The fraction of sp³-hybridized carbons (Fsp3) is 0.480. The summed E-state index contributed by atoms with van der Waals surface area (Å²) in [6.07, 6.45) is -0.546. The first kappa shape index (κ1) is 23.3. The Balaban J connectivity index is 1.34. The van der Waals surface area contributed by atoms with Crippen molar-refractivity contribution in [2.75, 3.05) is 51.2 Å². The highest BCUT2D eigenvalue weighted by Gasteiger charge is 2.21. The van der Waals surface area contributed by atoms with Crippen LogP contribution < -0.4 is 10.1 Å². The van der Waals surface area contributed by atoms with Gasteiger partial charge in [0, 0.05) is 38.4 Å². The maximum Gasteiger partial charge on any atom is 0.238 e. The molecule has 0 aliphatic carbocycles. The average molecular weight is 426 g/mol. The van der Waals surface area contributed by atoms with Crippen LogP contribution >= 0.6 is 0 Å². The number of aliphatic hydroxyl groups excluding tert-OH is 1. The van der Waals surface area contributed by atoms with E-state index in [-0.39, 0.29) is 17.9 Å².